The van der Waals surface area contributed by atoms with Crippen molar-refractivity contribution in [3.8, 4) is 11.1 Å². The van der Waals surface area contributed by atoms with Crippen molar-refractivity contribution in [2.75, 3.05) is 11.9 Å². The van der Waals surface area contributed by atoms with Crippen molar-refractivity contribution in [1.29, 1.82) is 0 Å². The van der Waals surface area contributed by atoms with Crippen LogP contribution in [0, 0.1) is 6.92 Å². The molecule has 0 spiro atoms. The Labute approximate surface area is 199 Å². The smallest absolute Gasteiger partial charge is 0.246 e. The third-order valence-electron chi connectivity index (χ3n) is 5.54. The van der Waals surface area contributed by atoms with Crippen LogP contribution in [0.4, 0.5) is 5.69 Å². The van der Waals surface area contributed by atoms with Crippen molar-refractivity contribution in [3.63, 3.8) is 0 Å². The molecule has 1 atom stereocenters. The van der Waals surface area contributed by atoms with E-state index in [1.54, 1.807) is 10.9 Å². The van der Waals surface area contributed by atoms with Crippen LogP contribution in [0.25, 0.3) is 11.1 Å². The Kier molecular flexibility index (Phi) is 7.23. The Hall–Kier alpha value is -3.41. The van der Waals surface area contributed by atoms with Gasteiger partial charge in [0.05, 0.1) is 16.9 Å². The molecule has 0 fully saturated rings. The Bertz CT molecular complexity index is 1220. The van der Waals surface area contributed by atoms with E-state index in [1.165, 1.54) is 11.1 Å². The van der Waals surface area contributed by atoms with E-state index in [0.717, 1.165) is 23.1 Å². The van der Waals surface area contributed by atoms with Gasteiger partial charge in [0, 0.05) is 25.4 Å². The van der Waals surface area contributed by atoms with Gasteiger partial charge in [-0.1, -0.05) is 77.8 Å². The number of anilines is 1. The standard InChI is InChI=1S/C27H27ClN4O/c1-19-8-10-20(11-9-19)14-15-29-26(21-6-4-3-5-7-21)27(33)31-25-13-12-22(16-24(25)28)23-17-30-32(2)18-23/h3-13,16-18,26,29H,14-15H2,1-2H3,(H,31,33)/t26-/m0/s1. The van der Waals surface area contributed by atoms with Crippen molar-refractivity contribution >= 4 is 23.2 Å². The number of hydrogen-bond donors (Lipinski definition) is 2. The van der Waals surface area contributed by atoms with Crippen LogP contribution in [-0.4, -0.2) is 22.2 Å². The van der Waals surface area contributed by atoms with Gasteiger partial charge in [-0.25, -0.2) is 0 Å². The number of rotatable bonds is 8. The summed E-state index contributed by atoms with van der Waals surface area (Å²) >= 11 is 6.52. The fourth-order valence-electron chi connectivity index (χ4n) is 3.69. The average molecular weight is 459 g/mol. The van der Waals surface area contributed by atoms with Crippen molar-refractivity contribution < 1.29 is 4.79 Å². The molecule has 1 aromatic heterocycles. The van der Waals surface area contributed by atoms with Crippen molar-refractivity contribution in [1.82, 2.24) is 15.1 Å². The quantitative estimate of drug-likeness (QED) is 0.363. The van der Waals surface area contributed by atoms with Gasteiger partial charge < -0.3 is 10.6 Å². The van der Waals surface area contributed by atoms with E-state index in [-0.39, 0.29) is 5.91 Å². The van der Waals surface area contributed by atoms with E-state index in [2.05, 4.69) is 46.9 Å². The molecule has 0 saturated heterocycles. The Morgan fingerprint density at radius 2 is 1.79 bits per heavy atom. The molecular formula is C27H27ClN4O. The summed E-state index contributed by atoms with van der Waals surface area (Å²) in [5.74, 6) is -0.152. The topological polar surface area (TPSA) is 59.0 Å². The van der Waals surface area contributed by atoms with Gasteiger partial charge in [0.15, 0.2) is 0 Å². The summed E-state index contributed by atoms with van der Waals surface area (Å²) in [4.78, 5) is 13.3. The summed E-state index contributed by atoms with van der Waals surface area (Å²) in [5, 5.41) is 11.1. The maximum Gasteiger partial charge on any atom is 0.246 e. The summed E-state index contributed by atoms with van der Waals surface area (Å²) in [6, 6.07) is 23.3. The van der Waals surface area contributed by atoms with E-state index < -0.39 is 6.04 Å². The first-order valence-corrected chi connectivity index (χ1v) is 11.3. The van der Waals surface area contributed by atoms with Crippen LogP contribution in [0.15, 0.2) is 85.2 Å². The molecule has 1 amide bonds. The SMILES string of the molecule is Cc1ccc(CCN[C@H](C(=O)Nc2ccc(-c3cnn(C)c3)cc2Cl)c2ccccc2)cc1. The molecule has 0 unspecified atom stereocenters. The van der Waals surface area contributed by atoms with Gasteiger partial charge >= 0.3 is 0 Å². The molecule has 4 rings (SSSR count). The lowest BCUT2D eigenvalue weighted by Gasteiger charge is -2.20. The van der Waals surface area contributed by atoms with E-state index in [4.69, 9.17) is 11.6 Å². The van der Waals surface area contributed by atoms with Crippen LogP contribution in [0.1, 0.15) is 22.7 Å². The van der Waals surface area contributed by atoms with E-state index in [1.807, 2.05) is 61.8 Å². The first-order chi connectivity index (χ1) is 16.0. The van der Waals surface area contributed by atoms with E-state index >= 15 is 0 Å². The zero-order chi connectivity index (χ0) is 23.2. The Balaban J connectivity index is 1.47. The maximum atomic E-state index is 13.3. The maximum absolute atomic E-state index is 13.3. The van der Waals surface area contributed by atoms with E-state index in [9.17, 15) is 4.79 Å². The summed E-state index contributed by atoms with van der Waals surface area (Å²) in [6.45, 7) is 2.75. The largest absolute Gasteiger partial charge is 0.323 e. The van der Waals surface area contributed by atoms with E-state index in [0.29, 0.717) is 17.3 Å². The number of nitrogens with one attached hydrogen (secondary N) is 2. The zero-order valence-electron chi connectivity index (χ0n) is 18.8. The van der Waals surface area contributed by atoms with Crippen molar-refractivity contribution in [3.05, 3.63) is 107 Å². The number of amides is 1. The molecule has 0 aliphatic carbocycles. The predicted molar refractivity (Wildman–Crippen MR) is 134 cm³/mol. The Morgan fingerprint density at radius 3 is 2.45 bits per heavy atom. The summed E-state index contributed by atoms with van der Waals surface area (Å²) in [5.41, 5.74) is 5.87. The summed E-state index contributed by atoms with van der Waals surface area (Å²) < 4.78 is 1.74. The molecule has 168 valence electrons. The minimum absolute atomic E-state index is 0.152. The van der Waals surface area contributed by atoms with Crippen LogP contribution < -0.4 is 10.6 Å². The molecule has 1 heterocycles. The highest BCUT2D eigenvalue weighted by Gasteiger charge is 2.21. The number of aromatic nitrogens is 2. The van der Waals surface area contributed by atoms with Gasteiger partial charge in [0.1, 0.15) is 6.04 Å². The highest BCUT2D eigenvalue weighted by atomic mass is 35.5. The van der Waals surface area contributed by atoms with Crippen molar-refractivity contribution in [2.45, 2.75) is 19.4 Å². The number of carbonyl (C=O) groups is 1. The molecule has 6 heteroatoms. The highest BCUT2D eigenvalue weighted by Crippen LogP contribution is 2.29. The summed E-state index contributed by atoms with van der Waals surface area (Å²) in [6.07, 6.45) is 4.54. The van der Waals surface area contributed by atoms with Crippen LogP contribution in [0.3, 0.4) is 0 Å². The molecule has 0 aliphatic heterocycles. The minimum atomic E-state index is -0.495. The second-order valence-electron chi connectivity index (χ2n) is 8.12. The fourth-order valence-corrected chi connectivity index (χ4v) is 3.92. The van der Waals surface area contributed by atoms with Gasteiger partial charge in [0.25, 0.3) is 0 Å². The van der Waals surface area contributed by atoms with Gasteiger partial charge in [-0.15, -0.1) is 0 Å². The van der Waals surface area contributed by atoms with Crippen LogP contribution in [0.5, 0.6) is 0 Å². The third kappa shape index (κ3) is 5.89. The molecule has 3 aromatic carbocycles. The lowest BCUT2D eigenvalue weighted by molar-refractivity contribution is -0.118. The first-order valence-electron chi connectivity index (χ1n) is 10.9. The normalized spacial score (nSPS) is 11.8. The second kappa shape index (κ2) is 10.5. The molecule has 2 N–H and O–H groups in total. The Morgan fingerprint density at radius 1 is 1.03 bits per heavy atom. The third-order valence-corrected chi connectivity index (χ3v) is 5.86. The minimum Gasteiger partial charge on any atom is -0.323 e. The average Bonchev–Trinajstić information content (AvgIpc) is 3.26. The van der Waals surface area contributed by atoms with Crippen LogP contribution in [0.2, 0.25) is 5.02 Å². The second-order valence-corrected chi connectivity index (χ2v) is 8.53. The predicted octanol–water partition coefficient (Wildman–Crippen LogP) is 5.56. The van der Waals surface area contributed by atoms with Crippen LogP contribution in [-0.2, 0) is 18.3 Å². The molecule has 0 saturated carbocycles. The monoisotopic (exact) mass is 458 g/mol. The number of halogens is 1. The molecule has 33 heavy (non-hydrogen) atoms. The lowest BCUT2D eigenvalue weighted by Crippen LogP contribution is -2.34. The molecule has 0 aliphatic rings. The lowest BCUT2D eigenvalue weighted by atomic mass is 10.0. The molecule has 0 radical (unpaired) electrons. The number of nitrogens with zero attached hydrogens (tertiary/aromatic N) is 2. The molecular weight excluding hydrogens is 432 g/mol. The molecule has 4 aromatic rings. The van der Waals surface area contributed by atoms with Gasteiger partial charge in [-0.05, 0) is 42.2 Å². The summed E-state index contributed by atoms with van der Waals surface area (Å²) in [7, 11) is 1.87. The molecule has 0 bridgehead atoms. The van der Waals surface area contributed by atoms with Crippen LogP contribution >= 0.6 is 11.6 Å². The number of benzene rings is 3. The fraction of sp³-hybridized carbons (Fsp3) is 0.185. The number of hydrogen-bond acceptors (Lipinski definition) is 3. The number of aryl methyl sites for hydroxylation is 2. The van der Waals surface area contributed by atoms with Gasteiger partial charge in [0.2, 0.25) is 5.91 Å². The number of carbonyl (C=O) groups excluding carboxylic acids is 1. The van der Waals surface area contributed by atoms with Gasteiger partial charge in [-0.3, -0.25) is 9.48 Å². The first kappa shape index (κ1) is 22.8. The van der Waals surface area contributed by atoms with Crippen molar-refractivity contribution in [2.24, 2.45) is 7.05 Å². The zero-order valence-corrected chi connectivity index (χ0v) is 19.5. The van der Waals surface area contributed by atoms with Gasteiger partial charge in [-0.2, -0.15) is 5.10 Å². The molecule has 5 nitrogen and oxygen atoms in total. The highest BCUT2D eigenvalue weighted by molar-refractivity contribution is 6.34.